The highest BCUT2D eigenvalue weighted by atomic mass is 32.2. The van der Waals surface area contributed by atoms with E-state index in [9.17, 15) is 18.0 Å². The Balaban J connectivity index is 1.79. The summed E-state index contributed by atoms with van der Waals surface area (Å²) in [4.78, 5) is 29.3. The van der Waals surface area contributed by atoms with Gasteiger partial charge in [0.1, 0.15) is 18.3 Å². The predicted octanol–water partition coefficient (Wildman–Crippen LogP) is 5.28. The Kier molecular flexibility index (Phi) is 10.8. The van der Waals surface area contributed by atoms with Crippen molar-refractivity contribution in [2.75, 3.05) is 24.5 Å². The van der Waals surface area contributed by atoms with Gasteiger partial charge in [-0.2, -0.15) is 0 Å². The summed E-state index contributed by atoms with van der Waals surface area (Å²) in [6.45, 7) is 5.75. The minimum absolute atomic E-state index is 0.0578. The molecule has 0 radical (unpaired) electrons. The first kappa shape index (κ1) is 32.3. The van der Waals surface area contributed by atoms with Gasteiger partial charge in [0.15, 0.2) is 0 Å². The molecule has 0 unspecified atom stereocenters. The second-order valence-electron chi connectivity index (χ2n) is 10.5. The zero-order valence-electron chi connectivity index (χ0n) is 25.6. The van der Waals surface area contributed by atoms with Crippen molar-refractivity contribution in [2.45, 2.75) is 44.7 Å². The number of nitrogens with one attached hydrogen (secondary N) is 1. The minimum atomic E-state index is -4.17. The van der Waals surface area contributed by atoms with Crippen molar-refractivity contribution in [1.82, 2.24) is 10.2 Å². The number of aryl methyl sites for hydroxylation is 2. The first-order valence-electron chi connectivity index (χ1n) is 14.6. The highest BCUT2D eigenvalue weighted by Gasteiger charge is 2.34. The summed E-state index contributed by atoms with van der Waals surface area (Å²) in [6.07, 6.45) is 0.256. The van der Waals surface area contributed by atoms with E-state index in [1.54, 1.807) is 36.4 Å². The third kappa shape index (κ3) is 7.85. The van der Waals surface area contributed by atoms with Crippen LogP contribution in [0.25, 0.3) is 0 Å². The number of likely N-dealkylation sites (N-methyl/N-ethyl adjacent to an activating group) is 1. The van der Waals surface area contributed by atoms with Gasteiger partial charge in [0.05, 0.1) is 17.2 Å². The molecule has 230 valence electrons. The summed E-state index contributed by atoms with van der Waals surface area (Å²) < 4.78 is 34.9. The van der Waals surface area contributed by atoms with Gasteiger partial charge in [0.2, 0.25) is 11.8 Å². The standard InChI is InChI=1S/C35H39N3O5S/c1-5-43-31-19-17-30(18-20-31)38(44(41,42)32-21-15-26(2)16-22-32)25-34(39)37(24-29-14-10-9-11-27(29)3)33(35(40)36-4)23-28-12-7-6-8-13-28/h6-22,33H,5,23-25H2,1-4H3,(H,36,40)/t33-/m0/s1. The molecule has 0 aliphatic carbocycles. The number of benzene rings is 4. The second kappa shape index (κ2) is 14.7. The first-order chi connectivity index (χ1) is 21.1. The van der Waals surface area contributed by atoms with Crippen LogP contribution in [0.2, 0.25) is 0 Å². The lowest BCUT2D eigenvalue weighted by Crippen LogP contribution is -2.53. The molecule has 0 heterocycles. The van der Waals surface area contributed by atoms with E-state index in [2.05, 4.69) is 5.32 Å². The SMILES string of the molecule is CCOc1ccc(N(CC(=O)N(Cc2ccccc2C)[C@@H](Cc2ccccc2)C(=O)NC)S(=O)(=O)c2ccc(C)cc2)cc1. The van der Waals surface area contributed by atoms with E-state index in [1.165, 1.54) is 24.1 Å². The van der Waals surface area contributed by atoms with E-state index in [0.29, 0.717) is 18.0 Å². The Bertz CT molecular complexity index is 1660. The molecule has 4 aromatic carbocycles. The maximum absolute atomic E-state index is 14.4. The van der Waals surface area contributed by atoms with Gasteiger partial charge in [0, 0.05) is 20.0 Å². The summed E-state index contributed by atoms with van der Waals surface area (Å²) in [6, 6.07) is 29.3. The maximum atomic E-state index is 14.4. The molecule has 0 aromatic heterocycles. The Morgan fingerprint density at radius 1 is 0.841 bits per heavy atom. The summed E-state index contributed by atoms with van der Waals surface area (Å²) in [7, 11) is -2.64. The van der Waals surface area contributed by atoms with Crippen molar-refractivity contribution < 1.29 is 22.7 Å². The molecular formula is C35H39N3O5S. The highest BCUT2D eigenvalue weighted by Crippen LogP contribution is 2.27. The predicted molar refractivity (Wildman–Crippen MR) is 173 cm³/mol. The van der Waals surface area contributed by atoms with E-state index in [4.69, 9.17) is 4.74 Å². The van der Waals surface area contributed by atoms with Crippen LogP contribution in [0.4, 0.5) is 5.69 Å². The molecule has 9 heteroatoms. The fraction of sp³-hybridized carbons (Fsp3) is 0.257. The number of amides is 2. The van der Waals surface area contributed by atoms with E-state index in [-0.39, 0.29) is 23.8 Å². The summed E-state index contributed by atoms with van der Waals surface area (Å²) in [5, 5.41) is 2.71. The zero-order chi connectivity index (χ0) is 31.7. The van der Waals surface area contributed by atoms with Crippen LogP contribution in [0, 0.1) is 13.8 Å². The van der Waals surface area contributed by atoms with E-state index in [0.717, 1.165) is 26.6 Å². The smallest absolute Gasteiger partial charge is 0.264 e. The van der Waals surface area contributed by atoms with Crippen LogP contribution < -0.4 is 14.4 Å². The van der Waals surface area contributed by atoms with Crippen LogP contribution in [0.15, 0.2) is 108 Å². The fourth-order valence-electron chi connectivity index (χ4n) is 4.93. The van der Waals surface area contributed by atoms with Gasteiger partial charge in [-0.05, 0) is 73.9 Å². The zero-order valence-corrected chi connectivity index (χ0v) is 26.4. The van der Waals surface area contributed by atoms with Crippen molar-refractivity contribution in [3.05, 3.63) is 125 Å². The molecule has 0 bridgehead atoms. The molecular weight excluding hydrogens is 574 g/mol. The largest absolute Gasteiger partial charge is 0.494 e. The lowest BCUT2D eigenvalue weighted by molar-refractivity contribution is -0.139. The lowest BCUT2D eigenvalue weighted by atomic mass is 10.0. The normalized spacial score (nSPS) is 11.8. The molecule has 0 aliphatic rings. The molecule has 4 aromatic rings. The van der Waals surface area contributed by atoms with Gasteiger partial charge in [-0.3, -0.25) is 13.9 Å². The van der Waals surface area contributed by atoms with Crippen molar-refractivity contribution in [3.8, 4) is 5.75 Å². The lowest BCUT2D eigenvalue weighted by Gasteiger charge is -2.34. The molecule has 0 saturated carbocycles. The van der Waals surface area contributed by atoms with E-state index < -0.39 is 28.5 Å². The molecule has 1 N–H and O–H groups in total. The molecule has 0 saturated heterocycles. The number of hydrogen-bond donors (Lipinski definition) is 1. The average molecular weight is 614 g/mol. The number of carbonyl (C=O) groups excluding carboxylic acids is 2. The number of rotatable bonds is 13. The number of ether oxygens (including phenoxy) is 1. The van der Waals surface area contributed by atoms with Gasteiger partial charge < -0.3 is 15.0 Å². The number of carbonyl (C=O) groups is 2. The number of sulfonamides is 1. The van der Waals surface area contributed by atoms with Crippen LogP contribution in [0.3, 0.4) is 0 Å². The van der Waals surface area contributed by atoms with Crippen molar-refractivity contribution in [2.24, 2.45) is 0 Å². The van der Waals surface area contributed by atoms with Crippen molar-refractivity contribution in [3.63, 3.8) is 0 Å². The molecule has 0 spiro atoms. The molecule has 0 aliphatic heterocycles. The molecule has 8 nitrogen and oxygen atoms in total. The van der Waals surface area contributed by atoms with Crippen LogP contribution in [-0.2, 0) is 32.6 Å². The summed E-state index contributed by atoms with van der Waals surface area (Å²) in [5.41, 5.74) is 3.90. The molecule has 4 rings (SSSR count). The van der Waals surface area contributed by atoms with Crippen molar-refractivity contribution in [1.29, 1.82) is 0 Å². The molecule has 2 amide bonds. The van der Waals surface area contributed by atoms with Gasteiger partial charge in [-0.15, -0.1) is 0 Å². The number of anilines is 1. The Morgan fingerprint density at radius 3 is 2.09 bits per heavy atom. The third-order valence-electron chi connectivity index (χ3n) is 7.44. The quantitative estimate of drug-likeness (QED) is 0.221. The second-order valence-corrected chi connectivity index (χ2v) is 12.4. The molecule has 0 fully saturated rings. The van der Waals surface area contributed by atoms with E-state index in [1.807, 2.05) is 75.4 Å². The Morgan fingerprint density at radius 2 is 1.48 bits per heavy atom. The third-order valence-corrected chi connectivity index (χ3v) is 9.23. The Hall–Kier alpha value is -4.63. The topological polar surface area (TPSA) is 96.0 Å². The maximum Gasteiger partial charge on any atom is 0.264 e. The van der Waals surface area contributed by atoms with Gasteiger partial charge >= 0.3 is 0 Å². The van der Waals surface area contributed by atoms with E-state index >= 15 is 0 Å². The van der Waals surface area contributed by atoms with Crippen LogP contribution in [0.5, 0.6) is 5.75 Å². The average Bonchev–Trinajstić information content (AvgIpc) is 3.03. The van der Waals surface area contributed by atoms with Gasteiger partial charge in [-0.25, -0.2) is 8.42 Å². The van der Waals surface area contributed by atoms with Gasteiger partial charge in [-0.1, -0.05) is 72.3 Å². The minimum Gasteiger partial charge on any atom is -0.494 e. The highest BCUT2D eigenvalue weighted by molar-refractivity contribution is 7.92. The van der Waals surface area contributed by atoms with Gasteiger partial charge in [0.25, 0.3) is 10.0 Å². The summed E-state index contributed by atoms with van der Waals surface area (Å²) >= 11 is 0. The van der Waals surface area contributed by atoms with Crippen LogP contribution in [0.1, 0.15) is 29.2 Å². The van der Waals surface area contributed by atoms with Crippen LogP contribution in [-0.4, -0.2) is 51.4 Å². The van der Waals surface area contributed by atoms with Crippen molar-refractivity contribution >= 4 is 27.5 Å². The molecule has 1 atom stereocenters. The van der Waals surface area contributed by atoms with Crippen LogP contribution >= 0.6 is 0 Å². The molecule has 44 heavy (non-hydrogen) atoms. The number of hydrogen-bond acceptors (Lipinski definition) is 5. The summed E-state index contributed by atoms with van der Waals surface area (Å²) in [5.74, 6) is -0.272. The number of nitrogens with zero attached hydrogens (tertiary/aromatic N) is 2. The fourth-order valence-corrected chi connectivity index (χ4v) is 6.35. The first-order valence-corrected chi connectivity index (χ1v) is 16.0. The Labute approximate surface area is 260 Å². The monoisotopic (exact) mass is 613 g/mol.